The van der Waals surface area contributed by atoms with Crippen molar-refractivity contribution in [1.29, 1.82) is 0 Å². The molecule has 1 aromatic carbocycles. The van der Waals surface area contributed by atoms with E-state index in [1.807, 2.05) is 0 Å². The third-order valence-electron chi connectivity index (χ3n) is 6.04. The Morgan fingerprint density at radius 1 is 1.13 bits per heavy atom. The van der Waals surface area contributed by atoms with E-state index < -0.39 is 46.0 Å². The van der Waals surface area contributed by atoms with Gasteiger partial charge in [-0.1, -0.05) is 18.0 Å². The molecule has 2 bridgehead atoms. The lowest BCUT2D eigenvalue weighted by atomic mass is 9.89. The van der Waals surface area contributed by atoms with E-state index in [1.165, 1.54) is 28.6 Å². The number of benzene rings is 1. The molecule has 2 saturated heterocycles. The molecule has 3 rings (SSSR count). The Morgan fingerprint density at radius 2 is 1.81 bits per heavy atom. The Labute approximate surface area is 188 Å². The first-order chi connectivity index (χ1) is 14.8. The van der Waals surface area contributed by atoms with Crippen LogP contribution in [0.25, 0.3) is 0 Å². The van der Waals surface area contributed by atoms with Crippen LogP contribution >= 0.6 is 11.6 Å². The second-order valence-corrected chi connectivity index (χ2v) is 10.2. The number of halogens is 1. The molecule has 0 radical (unpaired) electrons. The second kappa shape index (κ2) is 10.6. The summed E-state index contributed by atoms with van der Waals surface area (Å²) < 4.78 is 34.2. The van der Waals surface area contributed by atoms with Crippen molar-refractivity contribution < 1.29 is 32.8 Å². The number of aliphatic hydroxyl groups excluding tert-OH is 1. The van der Waals surface area contributed by atoms with Gasteiger partial charge < -0.3 is 9.84 Å². The Balaban J connectivity index is 2.05. The number of carbonyl (C=O) groups is 1. The van der Waals surface area contributed by atoms with Gasteiger partial charge in [-0.3, -0.25) is 4.79 Å². The van der Waals surface area contributed by atoms with Gasteiger partial charge in [0, 0.05) is 23.0 Å². The third kappa shape index (κ3) is 5.23. The maximum Gasteiger partial charge on any atom is 0.310 e. The fourth-order valence-corrected chi connectivity index (χ4v) is 6.76. The van der Waals surface area contributed by atoms with Crippen molar-refractivity contribution in [2.24, 2.45) is 11.8 Å². The highest BCUT2D eigenvalue weighted by Crippen LogP contribution is 2.43. The molecule has 0 amide bonds. The van der Waals surface area contributed by atoms with Gasteiger partial charge in [-0.05, 0) is 57.4 Å². The SMILES string of the molecule is CCOOCC1C(O)CC(C(=O)OCC)C2CCCC1N2S(=O)(=O)c1ccc(Cl)cc1. The van der Waals surface area contributed by atoms with Gasteiger partial charge in [0.05, 0.1) is 36.7 Å². The van der Waals surface area contributed by atoms with Crippen LogP contribution in [-0.2, 0) is 29.3 Å². The fourth-order valence-electron chi connectivity index (χ4n) is 4.69. The smallest absolute Gasteiger partial charge is 0.310 e. The molecule has 0 aromatic heterocycles. The van der Waals surface area contributed by atoms with Crippen LogP contribution in [0.1, 0.15) is 39.5 Å². The van der Waals surface area contributed by atoms with E-state index in [2.05, 4.69) is 0 Å². The van der Waals surface area contributed by atoms with Crippen LogP contribution in [0.3, 0.4) is 0 Å². The fraction of sp³-hybridized carbons (Fsp3) is 0.667. The molecule has 10 heteroatoms. The molecule has 1 aromatic rings. The van der Waals surface area contributed by atoms with Crippen molar-refractivity contribution in [1.82, 2.24) is 4.31 Å². The minimum absolute atomic E-state index is 0.0224. The van der Waals surface area contributed by atoms with Crippen LogP contribution in [0.4, 0.5) is 0 Å². The number of sulfonamides is 1. The lowest BCUT2D eigenvalue weighted by molar-refractivity contribution is -0.303. The number of hydrogen-bond acceptors (Lipinski definition) is 7. The highest BCUT2D eigenvalue weighted by Gasteiger charge is 2.52. The molecule has 31 heavy (non-hydrogen) atoms. The number of ether oxygens (including phenoxy) is 1. The standard InChI is InChI=1S/C21H30ClNO7S/c1-3-28-21(25)16-12-20(24)17(13-30-29-4-2)19-7-5-6-18(16)23(19)31(26,27)15-10-8-14(22)9-11-15/h8-11,16-20,24H,3-7,12-13H2,1-2H3. The number of esters is 1. The molecular weight excluding hydrogens is 446 g/mol. The third-order valence-corrected chi connectivity index (χ3v) is 8.26. The Morgan fingerprint density at radius 3 is 2.45 bits per heavy atom. The summed E-state index contributed by atoms with van der Waals surface area (Å²) in [5.74, 6) is -1.80. The van der Waals surface area contributed by atoms with E-state index in [-0.39, 0.29) is 24.5 Å². The summed E-state index contributed by atoms with van der Waals surface area (Å²) in [7, 11) is -3.97. The monoisotopic (exact) mass is 475 g/mol. The minimum atomic E-state index is -3.97. The van der Waals surface area contributed by atoms with Crippen molar-refractivity contribution in [3.8, 4) is 0 Å². The highest BCUT2D eigenvalue weighted by molar-refractivity contribution is 7.89. The first-order valence-electron chi connectivity index (χ1n) is 10.7. The summed E-state index contributed by atoms with van der Waals surface area (Å²) in [5.41, 5.74) is 0. The lowest BCUT2D eigenvalue weighted by Gasteiger charge is -2.43. The van der Waals surface area contributed by atoms with Crippen molar-refractivity contribution in [3.05, 3.63) is 29.3 Å². The quantitative estimate of drug-likeness (QED) is 0.267. The van der Waals surface area contributed by atoms with Crippen LogP contribution in [-0.4, -0.2) is 61.8 Å². The molecule has 2 aliphatic heterocycles. The summed E-state index contributed by atoms with van der Waals surface area (Å²) in [6.07, 6.45) is 0.961. The van der Waals surface area contributed by atoms with Crippen molar-refractivity contribution in [3.63, 3.8) is 0 Å². The van der Waals surface area contributed by atoms with Gasteiger partial charge in [0.15, 0.2) is 0 Å². The predicted molar refractivity (Wildman–Crippen MR) is 114 cm³/mol. The molecular formula is C21H30ClNO7S. The number of hydrogen-bond donors (Lipinski definition) is 1. The van der Waals surface area contributed by atoms with Crippen LogP contribution in [0.2, 0.25) is 5.02 Å². The van der Waals surface area contributed by atoms with Crippen molar-refractivity contribution in [2.75, 3.05) is 19.8 Å². The highest BCUT2D eigenvalue weighted by atomic mass is 35.5. The average Bonchev–Trinajstić information content (AvgIpc) is 2.81. The number of rotatable bonds is 8. The zero-order chi connectivity index (χ0) is 22.6. The minimum Gasteiger partial charge on any atom is -0.466 e. The lowest BCUT2D eigenvalue weighted by Crippen LogP contribution is -2.55. The van der Waals surface area contributed by atoms with Crippen molar-refractivity contribution >= 4 is 27.6 Å². The van der Waals surface area contributed by atoms with Gasteiger partial charge in [0.2, 0.25) is 10.0 Å². The second-order valence-electron chi connectivity index (χ2n) is 7.87. The van der Waals surface area contributed by atoms with Crippen LogP contribution in [0.15, 0.2) is 29.2 Å². The number of fused-ring (bicyclic) bond motifs is 2. The summed E-state index contributed by atoms with van der Waals surface area (Å²) in [5, 5.41) is 11.4. The number of piperidine rings is 1. The van der Waals surface area contributed by atoms with E-state index in [0.717, 1.165) is 6.42 Å². The molecule has 5 unspecified atom stereocenters. The van der Waals surface area contributed by atoms with E-state index in [0.29, 0.717) is 24.5 Å². The molecule has 8 nitrogen and oxygen atoms in total. The number of carbonyl (C=O) groups excluding carboxylic acids is 1. The molecule has 2 aliphatic rings. The van der Waals surface area contributed by atoms with Crippen LogP contribution in [0.5, 0.6) is 0 Å². The molecule has 2 heterocycles. The van der Waals surface area contributed by atoms with E-state index in [9.17, 15) is 18.3 Å². The van der Waals surface area contributed by atoms with Gasteiger partial charge in [0.25, 0.3) is 0 Å². The van der Waals surface area contributed by atoms with Gasteiger partial charge in [0.1, 0.15) is 0 Å². The largest absolute Gasteiger partial charge is 0.466 e. The Kier molecular flexibility index (Phi) is 8.34. The molecule has 1 N–H and O–H groups in total. The molecule has 0 aliphatic carbocycles. The van der Waals surface area contributed by atoms with E-state index in [1.54, 1.807) is 13.8 Å². The van der Waals surface area contributed by atoms with E-state index >= 15 is 0 Å². The zero-order valence-electron chi connectivity index (χ0n) is 17.8. The maximum atomic E-state index is 13.8. The van der Waals surface area contributed by atoms with Crippen LogP contribution in [0, 0.1) is 11.8 Å². The summed E-state index contributed by atoms with van der Waals surface area (Å²) in [6.45, 7) is 4.01. The molecule has 0 spiro atoms. The summed E-state index contributed by atoms with van der Waals surface area (Å²) in [6, 6.07) is 4.82. The van der Waals surface area contributed by atoms with Crippen LogP contribution < -0.4 is 0 Å². The van der Waals surface area contributed by atoms with Gasteiger partial charge in [-0.15, -0.1) is 0 Å². The predicted octanol–water partition coefficient (Wildman–Crippen LogP) is 2.78. The summed E-state index contributed by atoms with van der Waals surface area (Å²) in [4.78, 5) is 23.1. The summed E-state index contributed by atoms with van der Waals surface area (Å²) >= 11 is 5.95. The maximum absolute atomic E-state index is 13.8. The van der Waals surface area contributed by atoms with Crippen molar-refractivity contribution in [2.45, 2.75) is 62.6 Å². The van der Waals surface area contributed by atoms with Gasteiger partial charge in [-0.2, -0.15) is 4.31 Å². The molecule has 174 valence electrons. The first-order valence-corrected chi connectivity index (χ1v) is 12.5. The first kappa shape index (κ1) is 24.4. The molecule has 2 fully saturated rings. The normalized spacial score (nSPS) is 29.4. The van der Waals surface area contributed by atoms with E-state index in [4.69, 9.17) is 26.1 Å². The topological polar surface area (TPSA) is 102 Å². The Hall–Kier alpha value is -1.23. The molecule has 0 saturated carbocycles. The number of nitrogens with zero attached hydrogens (tertiary/aromatic N) is 1. The van der Waals surface area contributed by atoms with Gasteiger partial charge >= 0.3 is 5.97 Å². The zero-order valence-corrected chi connectivity index (χ0v) is 19.3. The Bertz CT molecular complexity index is 848. The molecule has 5 atom stereocenters. The van der Waals surface area contributed by atoms with Gasteiger partial charge in [-0.25, -0.2) is 18.2 Å². The number of aliphatic hydroxyl groups is 1. The average molecular weight is 476 g/mol.